The van der Waals surface area contributed by atoms with Gasteiger partial charge in [0.1, 0.15) is 11.4 Å². The zero-order valence-electron chi connectivity index (χ0n) is 18.7. The summed E-state index contributed by atoms with van der Waals surface area (Å²) >= 11 is 1.09. The van der Waals surface area contributed by atoms with Gasteiger partial charge in [-0.25, -0.2) is 13.4 Å². The monoisotopic (exact) mass is 486 g/mol. The third-order valence-corrected chi connectivity index (χ3v) is 7.83. The number of ether oxygens (including phenoxy) is 1. The molecule has 1 aliphatic rings. The number of nitrogens with one attached hydrogen (secondary N) is 1. The summed E-state index contributed by atoms with van der Waals surface area (Å²) < 4.78 is 32.7. The summed E-state index contributed by atoms with van der Waals surface area (Å²) in [4.78, 5) is 21.3. The van der Waals surface area contributed by atoms with Crippen LogP contribution in [-0.4, -0.2) is 57.5 Å². The summed E-state index contributed by atoms with van der Waals surface area (Å²) in [6, 6.07) is 12.4. The van der Waals surface area contributed by atoms with E-state index in [2.05, 4.69) is 46.7 Å². The predicted octanol–water partition coefficient (Wildman–Crippen LogP) is 3.53. The lowest BCUT2D eigenvalue weighted by Crippen LogP contribution is -2.49. The maximum atomic E-state index is 12.9. The van der Waals surface area contributed by atoms with E-state index in [0.29, 0.717) is 18.8 Å². The van der Waals surface area contributed by atoms with Gasteiger partial charge < -0.3 is 14.5 Å². The van der Waals surface area contributed by atoms with Crippen molar-refractivity contribution in [3.63, 3.8) is 0 Å². The van der Waals surface area contributed by atoms with Gasteiger partial charge in [0, 0.05) is 37.2 Å². The molecule has 2 aromatic carbocycles. The van der Waals surface area contributed by atoms with E-state index >= 15 is 0 Å². The lowest BCUT2D eigenvalue weighted by molar-refractivity contribution is 0.0741. The Labute approximate surface area is 197 Å². The first-order valence-electron chi connectivity index (χ1n) is 10.5. The number of rotatable bonds is 6. The first-order chi connectivity index (χ1) is 15.8. The number of carbonyl (C=O) groups is 1. The molecule has 174 valence electrons. The summed E-state index contributed by atoms with van der Waals surface area (Å²) in [7, 11) is -2.30. The third kappa shape index (κ3) is 5.12. The Bertz CT molecular complexity index is 1250. The summed E-state index contributed by atoms with van der Waals surface area (Å²) in [5.41, 5.74) is 3.87. The maximum absolute atomic E-state index is 12.9. The lowest BCUT2D eigenvalue weighted by atomic mass is 10.1. The Morgan fingerprint density at radius 1 is 1.06 bits per heavy atom. The molecule has 1 aromatic heterocycles. The van der Waals surface area contributed by atoms with Crippen LogP contribution in [0.25, 0.3) is 0 Å². The minimum atomic E-state index is -3.81. The van der Waals surface area contributed by atoms with Crippen LogP contribution in [0.1, 0.15) is 21.6 Å². The van der Waals surface area contributed by atoms with Gasteiger partial charge in [0.15, 0.2) is 5.13 Å². The van der Waals surface area contributed by atoms with Gasteiger partial charge >= 0.3 is 0 Å². The van der Waals surface area contributed by atoms with Crippen molar-refractivity contribution in [1.29, 1.82) is 0 Å². The van der Waals surface area contributed by atoms with Gasteiger partial charge in [-0.1, -0.05) is 12.1 Å². The Kier molecular flexibility index (Phi) is 6.57. The SMILES string of the molecule is COc1ccc(S(=O)(=O)Nc2nc(C(=O)N3CCN(c4cc(C)ccc4C)CC3)cs2)cc1. The molecule has 0 spiro atoms. The number of hydrogen-bond donors (Lipinski definition) is 1. The molecule has 10 heteroatoms. The van der Waals surface area contributed by atoms with Gasteiger partial charge in [-0.2, -0.15) is 0 Å². The first kappa shape index (κ1) is 23.1. The second kappa shape index (κ2) is 9.40. The summed E-state index contributed by atoms with van der Waals surface area (Å²) in [5.74, 6) is 0.371. The number of anilines is 2. The van der Waals surface area contributed by atoms with Crippen molar-refractivity contribution >= 4 is 38.1 Å². The fourth-order valence-corrected chi connectivity index (χ4v) is 5.66. The van der Waals surface area contributed by atoms with E-state index < -0.39 is 10.0 Å². The minimum Gasteiger partial charge on any atom is -0.497 e. The molecule has 1 amide bonds. The number of amides is 1. The fraction of sp³-hybridized carbons (Fsp3) is 0.304. The molecule has 1 N–H and O–H groups in total. The highest BCUT2D eigenvalue weighted by Gasteiger charge is 2.25. The van der Waals surface area contributed by atoms with Crippen molar-refractivity contribution in [2.24, 2.45) is 0 Å². The summed E-state index contributed by atoms with van der Waals surface area (Å²) in [6.07, 6.45) is 0. The largest absolute Gasteiger partial charge is 0.497 e. The number of methoxy groups -OCH3 is 1. The quantitative estimate of drug-likeness (QED) is 0.573. The van der Waals surface area contributed by atoms with E-state index in [1.54, 1.807) is 22.4 Å². The third-order valence-electron chi connectivity index (χ3n) is 5.59. The zero-order chi connectivity index (χ0) is 23.6. The normalized spacial score (nSPS) is 14.3. The minimum absolute atomic E-state index is 0.0916. The molecule has 1 saturated heterocycles. The topological polar surface area (TPSA) is 91.8 Å². The van der Waals surface area contributed by atoms with Crippen molar-refractivity contribution < 1.29 is 17.9 Å². The van der Waals surface area contributed by atoms with Crippen molar-refractivity contribution in [2.45, 2.75) is 18.7 Å². The van der Waals surface area contributed by atoms with E-state index in [4.69, 9.17) is 4.74 Å². The number of thiazole rings is 1. The van der Waals surface area contributed by atoms with Crippen LogP contribution in [0.4, 0.5) is 10.8 Å². The van der Waals surface area contributed by atoms with Crippen LogP contribution in [0, 0.1) is 13.8 Å². The van der Waals surface area contributed by atoms with Crippen LogP contribution >= 0.6 is 11.3 Å². The van der Waals surface area contributed by atoms with E-state index in [1.807, 2.05) is 0 Å². The molecule has 0 radical (unpaired) electrons. The maximum Gasteiger partial charge on any atom is 0.273 e. The Hall–Kier alpha value is -3.11. The van der Waals surface area contributed by atoms with Crippen molar-refractivity contribution in [2.75, 3.05) is 42.9 Å². The van der Waals surface area contributed by atoms with Crippen molar-refractivity contribution in [3.8, 4) is 5.75 Å². The van der Waals surface area contributed by atoms with Gasteiger partial charge in [-0.05, 0) is 55.3 Å². The zero-order valence-corrected chi connectivity index (χ0v) is 20.4. The highest BCUT2D eigenvalue weighted by atomic mass is 32.2. The van der Waals surface area contributed by atoms with Crippen LogP contribution in [0.5, 0.6) is 5.75 Å². The highest BCUT2D eigenvalue weighted by molar-refractivity contribution is 7.93. The lowest BCUT2D eigenvalue weighted by Gasteiger charge is -2.36. The number of aryl methyl sites for hydroxylation is 2. The van der Waals surface area contributed by atoms with Gasteiger partial charge in [0.25, 0.3) is 15.9 Å². The molecule has 3 aromatic rings. The first-order valence-corrected chi connectivity index (χ1v) is 12.9. The molecular formula is C23H26N4O4S2. The average molecular weight is 487 g/mol. The van der Waals surface area contributed by atoms with Crippen LogP contribution in [0.3, 0.4) is 0 Å². The fourth-order valence-electron chi connectivity index (χ4n) is 3.72. The number of aromatic nitrogens is 1. The molecule has 0 saturated carbocycles. The van der Waals surface area contributed by atoms with E-state index in [1.165, 1.54) is 36.1 Å². The second-order valence-corrected chi connectivity index (χ2v) is 10.4. The van der Waals surface area contributed by atoms with Crippen molar-refractivity contribution in [1.82, 2.24) is 9.88 Å². The molecule has 0 atom stereocenters. The Morgan fingerprint density at radius 3 is 2.42 bits per heavy atom. The van der Waals surface area contributed by atoms with Crippen LogP contribution < -0.4 is 14.4 Å². The number of piperazine rings is 1. The van der Waals surface area contributed by atoms with Crippen LogP contribution in [-0.2, 0) is 10.0 Å². The average Bonchev–Trinajstić information content (AvgIpc) is 3.28. The summed E-state index contributed by atoms with van der Waals surface area (Å²) in [6.45, 7) is 6.79. The smallest absolute Gasteiger partial charge is 0.273 e. The van der Waals surface area contributed by atoms with E-state index in [-0.39, 0.29) is 21.6 Å². The standard InChI is InChI=1S/C23H26N4O4S2/c1-16-4-5-17(2)21(14-16)26-10-12-27(13-11-26)22(28)20-15-32-23(24-20)25-33(29,30)19-8-6-18(31-3)7-9-19/h4-9,14-15H,10-13H2,1-3H3,(H,24,25). The Morgan fingerprint density at radius 2 is 1.76 bits per heavy atom. The number of hydrogen-bond acceptors (Lipinski definition) is 7. The number of benzene rings is 2. The molecular weight excluding hydrogens is 460 g/mol. The molecule has 0 aliphatic carbocycles. The molecule has 33 heavy (non-hydrogen) atoms. The highest BCUT2D eigenvalue weighted by Crippen LogP contribution is 2.25. The molecule has 0 unspecified atom stereocenters. The van der Waals surface area contributed by atoms with Gasteiger partial charge in [0.2, 0.25) is 0 Å². The predicted molar refractivity (Wildman–Crippen MR) is 130 cm³/mol. The number of nitrogens with zero attached hydrogens (tertiary/aromatic N) is 3. The van der Waals surface area contributed by atoms with Gasteiger partial charge in [0.05, 0.1) is 12.0 Å². The molecule has 2 heterocycles. The molecule has 1 aliphatic heterocycles. The van der Waals surface area contributed by atoms with E-state index in [9.17, 15) is 13.2 Å². The molecule has 8 nitrogen and oxygen atoms in total. The Balaban J connectivity index is 1.39. The van der Waals surface area contributed by atoms with Crippen LogP contribution in [0.2, 0.25) is 0 Å². The summed E-state index contributed by atoms with van der Waals surface area (Å²) in [5, 5.41) is 1.74. The second-order valence-electron chi connectivity index (χ2n) is 7.89. The molecule has 1 fully saturated rings. The van der Waals surface area contributed by atoms with E-state index in [0.717, 1.165) is 24.4 Å². The number of sulfonamides is 1. The van der Waals surface area contributed by atoms with Gasteiger partial charge in [-0.3, -0.25) is 9.52 Å². The van der Waals surface area contributed by atoms with Gasteiger partial charge in [-0.15, -0.1) is 11.3 Å². The molecule has 4 rings (SSSR count). The van der Waals surface area contributed by atoms with Crippen molar-refractivity contribution in [3.05, 3.63) is 64.7 Å². The van der Waals surface area contributed by atoms with Crippen LogP contribution in [0.15, 0.2) is 52.7 Å². The number of carbonyl (C=O) groups excluding carboxylic acids is 1. The molecule has 0 bridgehead atoms.